The van der Waals surface area contributed by atoms with Gasteiger partial charge in [0.2, 0.25) is 0 Å². The van der Waals surface area contributed by atoms with Crippen molar-refractivity contribution in [1.82, 2.24) is 9.88 Å². The van der Waals surface area contributed by atoms with Gasteiger partial charge in [0, 0.05) is 42.2 Å². The summed E-state index contributed by atoms with van der Waals surface area (Å²) >= 11 is 0. The van der Waals surface area contributed by atoms with Crippen LogP contribution < -0.4 is 19.5 Å². The molecule has 1 saturated heterocycles. The highest BCUT2D eigenvalue weighted by molar-refractivity contribution is 5.88. The normalized spacial score (nSPS) is 14.5. The molecule has 1 aliphatic heterocycles. The first-order chi connectivity index (χ1) is 20.8. The Balaban J connectivity index is 1.19. The van der Waals surface area contributed by atoms with Crippen LogP contribution in [0.3, 0.4) is 0 Å². The number of aromatic nitrogens is 1. The molecule has 3 aromatic carbocycles. The summed E-state index contributed by atoms with van der Waals surface area (Å²) in [7, 11) is 1.66. The summed E-state index contributed by atoms with van der Waals surface area (Å²) < 4.78 is 18.1. The number of pyridine rings is 1. The van der Waals surface area contributed by atoms with Gasteiger partial charge in [-0.1, -0.05) is 32.9 Å². The van der Waals surface area contributed by atoms with Crippen LogP contribution in [0.2, 0.25) is 0 Å². The average Bonchev–Trinajstić information content (AvgIpc) is 3.01. The second-order valence-electron chi connectivity index (χ2n) is 12.4. The molecule has 5 rings (SSSR count). The molecule has 0 atom stereocenters. The second kappa shape index (κ2) is 14.1. The number of methoxy groups -OCH3 is 1. The molecule has 2 heterocycles. The Morgan fingerprint density at radius 1 is 0.907 bits per heavy atom. The molecule has 0 radical (unpaired) electrons. The molecule has 7 nitrogen and oxygen atoms in total. The third-order valence-electron chi connectivity index (χ3n) is 8.23. The SMILES string of the molecule is COc1cc2c(Oc3ccc(Nc4ccc(C(C)(C)C)cc4)cc3)ccnc2cc1OCCCN1CCC(CCO)CC1. The quantitative estimate of drug-likeness (QED) is 0.164. The van der Waals surface area contributed by atoms with Crippen LogP contribution in [0.15, 0.2) is 72.9 Å². The Bertz CT molecular complexity index is 1460. The van der Waals surface area contributed by atoms with Crippen molar-refractivity contribution >= 4 is 22.3 Å². The number of rotatable bonds is 12. The predicted molar refractivity (Wildman–Crippen MR) is 174 cm³/mol. The smallest absolute Gasteiger partial charge is 0.163 e. The maximum absolute atomic E-state index is 9.18. The first kappa shape index (κ1) is 30.6. The van der Waals surface area contributed by atoms with Crippen molar-refractivity contribution in [3.8, 4) is 23.0 Å². The Labute approximate surface area is 255 Å². The molecule has 1 fully saturated rings. The van der Waals surface area contributed by atoms with Gasteiger partial charge in [0.1, 0.15) is 11.5 Å². The van der Waals surface area contributed by atoms with Crippen molar-refractivity contribution in [3.63, 3.8) is 0 Å². The zero-order valence-electron chi connectivity index (χ0n) is 25.9. The molecule has 0 amide bonds. The van der Waals surface area contributed by atoms with Crippen LogP contribution in [0, 0.1) is 5.92 Å². The molecule has 228 valence electrons. The monoisotopic (exact) mass is 583 g/mol. The molecule has 0 unspecified atom stereocenters. The van der Waals surface area contributed by atoms with E-state index in [0.717, 1.165) is 60.5 Å². The number of aliphatic hydroxyl groups excluding tert-OH is 1. The third-order valence-corrected chi connectivity index (χ3v) is 8.23. The van der Waals surface area contributed by atoms with Gasteiger partial charge in [-0.15, -0.1) is 0 Å². The number of likely N-dealkylation sites (tertiary alicyclic amines) is 1. The number of ether oxygens (including phenoxy) is 3. The van der Waals surface area contributed by atoms with Gasteiger partial charge in [0.15, 0.2) is 11.5 Å². The van der Waals surface area contributed by atoms with Gasteiger partial charge in [0.25, 0.3) is 0 Å². The standard InChI is InChI=1S/C36H45N3O4/c1-36(2,3)27-6-8-28(9-7-27)38-29-10-12-30(13-11-29)43-33-14-18-37-32-25-35(34(41-4)24-31(32)33)42-23-5-19-39-20-15-26(16-21-39)17-22-40/h6-14,18,24-26,38,40H,5,15-17,19-23H2,1-4H3. The number of hydrogen-bond donors (Lipinski definition) is 2. The lowest BCUT2D eigenvalue weighted by molar-refractivity contribution is 0.150. The molecule has 7 heteroatoms. The first-order valence-corrected chi connectivity index (χ1v) is 15.4. The van der Waals surface area contributed by atoms with E-state index in [1.54, 1.807) is 13.3 Å². The number of aliphatic hydroxyl groups is 1. The van der Waals surface area contributed by atoms with Gasteiger partial charge in [0.05, 0.1) is 19.2 Å². The first-order valence-electron chi connectivity index (χ1n) is 15.4. The van der Waals surface area contributed by atoms with Crippen molar-refractivity contribution in [2.75, 3.05) is 45.3 Å². The van der Waals surface area contributed by atoms with E-state index in [9.17, 15) is 5.11 Å². The number of piperidine rings is 1. The van der Waals surface area contributed by atoms with E-state index in [2.05, 4.69) is 60.2 Å². The summed E-state index contributed by atoms with van der Waals surface area (Å²) in [5.74, 6) is 3.46. The van der Waals surface area contributed by atoms with Crippen LogP contribution >= 0.6 is 0 Å². The summed E-state index contributed by atoms with van der Waals surface area (Å²) in [5.41, 5.74) is 4.27. The number of anilines is 2. The Hall–Kier alpha value is -3.81. The van der Waals surface area contributed by atoms with Gasteiger partial charge in [-0.05, 0) is 104 Å². The molecule has 2 N–H and O–H groups in total. The van der Waals surface area contributed by atoms with Crippen LogP contribution in [-0.2, 0) is 5.41 Å². The Kier molecular flexibility index (Phi) is 10.1. The molecule has 4 aromatic rings. The lowest BCUT2D eigenvalue weighted by atomic mass is 9.87. The minimum Gasteiger partial charge on any atom is -0.493 e. The van der Waals surface area contributed by atoms with Gasteiger partial charge < -0.3 is 29.5 Å². The van der Waals surface area contributed by atoms with E-state index < -0.39 is 0 Å². The van der Waals surface area contributed by atoms with E-state index in [-0.39, 0.29) is 5.41 Å². The second-order valence-corrected chi connectivity index (χ2v) is 12.4. The number of fused-ring (bicyclic) bond motifs is 1. The maximum atomic E-state index is 9.18. The number of nitrogens with zero attached hydrogens (tertiary/aromatic N) is 2. The van der Waals surface area contributed by atoms with E-state index in [1.807, 2.05) is 42.5 Å². The van der Waals surface area contributed by atoms with E-state index >= 15 is 0 Å². The zero-order valence-corrected chi connectivity index (χ0v) is 25.9. The molecule has 1 aromatic heterocycles. The fourth-order valence-corrected chi connectivity index (χ4v) is 5.59. The molecule has 0 spiro atoms. The van der Waals surface area contributed by atoms with Crippen molar-refractivity contribution in [2.45, 2.75) is 51.9 Å². The van der Waals surface area contributed by atoms with Crippen LogP contribution in [-0.4, -0.2) is 54.9 Å². The van der Waals surface area contributed by atoms with E-state index in [4.69, 9.17) is 14.2 Å². The molecule has 43 heavy (non-hydrogen) atoms. The van der Waals surface area contributed by atoms with Crippen LogP contribution in [0.5, 0.6) is 23.0 Å². The minimum absolute atomic E-state index is 0.132. The zero-order chi connectivity index (χ0) is 30.2. The fraction of sp³-hybridized carbons (Fsp3) is 0.417. The van der Waals surface area contributed by atoms with E-state index in [1.165, 1.54) is 18.4 Å². The summed E-state index contributed by atoms with van der Waals surface area (Å²) in [6.07, 6.45) is 5.96. The summed E-state index contributed by atoms with van der Waals surface area (Å²) in [5, 5.41) is 13.5. The van der Waals surface area contributed by atoms with Crippen molar-refractivity contribution in [1.29, 1.82) is 0 Å². The van der Waals surface area contributed by atoms with Crippen molar-refractivity contribution in [2.24, 2.45) is 5.92 Å². The highest BCUT2D eigenvalue weighted by atomic mass is 16.5. The molecular weight excluding hydrogens is 538 g/mol. The fourth-order valence-electron chi connectivity index (χ4n) is 5.59. The number of benzene rings is 3. The molecule has 0 aliphatic carbocycles. The molecule has 0 bridgehead atoms. The Morgan fingerprint density at radius 2 is 1.60 bits per heavy atom. The van der Waals surface area contributed by atoms with Crippen molar-refractivity contribution < 1.29 is 19.3 Å². The molecular formula is C36H45N3O4. The highest BCUT2D eigenvalue weighted by Crippen LogP contribution is 2.37. The van der Waals surface area contributed by atoms with Crippen LogP contribution in [0.4, 0.5) is 11.4 Å². The summed E-state index contributed by atoms with van der Waals surface area (Å²) in [6.45, 7) is 10.8. The summed E-state index contributed by atoms with van der Waals surface area (Å²) in [6, 6.07) is 22.3. The largest absolute Gasteiger partial charge is 0.493 e. The lowest BCUT2D eigenvalue weighted by Crippen LogP contribution is -2.35. The van der Waals surface area contributed by atoms with E-state index in [0.29, 0.717) is 36.4 Å². The lowest BCUT2D eigenvalue weighted by Gasteiger charge is -2.31. The average molecular weight is 584 g/mol. The Morgan fingerprint density at radius 3 is 2.26 bits per heavy atom. The predicted octanol–water partition coefficient (Wildman–Crippen LogP) is 7.94. The molecule has 0 saturated carbocycles. The number of nitrogens with one attached hydrogen (secondary N) is 1. The third kappa shape index (κ3) is 8.18. The highest BCUT2D eigenvalue weighted by Gasteiger charge is 2.19. The van der Waals surface area contributed by atoms with Crippen LogP contribution in [0.25, 0.3) is 10.9 Å². The minimum atomic E-state index is 0.132. The van der Waals surface area contributed by atoms with Crippen molar-refractivity contribution in [3.05, 3.63) is 78.5 Å². The number of hydrogen-bond acceptors (Lipinski definition) is 7. The summed E-state index contributed by atoms with van der Waals surface area (Å²) in [4.78, 5) is 7.07. The molecule has 1 aliphatic rings. The maximum Gasteiger partial charge on any atom is 0.163 e. The van der Waals surface area contributed by atoms with Gasteiger partial charge in [-0.25, -0.2) is 0 Å². The van der Waals surface area contributed by atoms with Crippen LogP contribution in [0.1, 0.15) is 52.0 Å². The van der Waals surface area contributed by atoms with Gasteiger partial charge >= 0.3 is 0 Å². The van der Waals surface area contributed by atoms with Gasteiger partial charge in [-0.2, -0.15) is 0 Å². The van der Waals surface area contributed by atoms with Gasteiger partial charge in [-0.3, -0.25) is 4.98 Å². The topological polar surface area (TPSA) is 76.1 Å².